The Kier molecular flexibility index (Phi) is 7.40. The average Bonchev–Trinajstić information content (AvgIpc) is 2.98. The molecule has 6 nitrogen and oxygen atoms in total. The van der Waals surface area contributed by atoms with Gasteiger partial charge in [0, 0.05) is 23.2 Å². The van der Waals surface area contributed by atoms with Crippen molar-refractivity contribution in [3.05, 3.63) is 29.8 Å². The van der Waals surface area contributed by atoms with E-state index in [1.54, 1.807) is 23.1 Å². The quantitative estimate of drug-likeness (QED) is 0.675. The number of esters is 1. The molecule has 0 unspecified atom stereocenters. The van der Waals surface area contributed by atoms with Crippen molar-refractivity contribution in [2.45, 2.75) is 48.7 Å². The standard InChI is InChI=1S/C20H27NO5S2/c22-19(21-11-6-2-1-3-7-12-21)14-26-20(23)17-8-4-5-9-18(17)27-16-10-13-28(24,25)15-16/h4-5,8-9,16H,1-3,6-7,10-15H2/t16-/m0/s1. The highest BCUT2D eigenvalue weighted by atomic mass is 32.2. The molecule has 3 rings (SSSR count). The van der Waals surface area contributed by atoms with Gasteiger partial charge in [0.25, 0.3) is 5.91 Å². The molecule has 2 aliphatic rings. The van der Waals surface area contributed by atoms with Crippen LogP contribution in [0.2, 0.25) is 0 Å². The third-order valence-electron chi connectivity index (χ3n) is 5.13. The van der Waals surface area contributed by atoms with Gasteiger partial charge in [-0.3, -0.25) is 4.79 Å². The summed E-state index contributed by atoms with van der Waals surface area (Å²) >= 11 is 1.40. The molecular formula is C20H27NO5S2. The number of nitrogens with zero attached hydrogens (tertiary/aromatic N) is 1. The van der Waals surface area contributed by atoms with Crippen molar-refractivity contribution in [3.8, 4) is 0 Å². The molecule has 0 spiro atoms. The Morgan fingerprint density at radius 2 is 1.75 bits per heavy atom. The van der Waals surface area contributed by atoms with Gasteiger partial charge in [0.2, 0.25) is 0 Å². The number of sulfone groups is 1. The first-order chi connectivity index (χ1) is 13.4. The molecule has 8 heteroatoms. The Morgan fingerprint density at radius 1 is 1.07 bits per heavy atom. The highest BCUT2D eigenvalue weighted by Gasteiger charge is 2.29. The van der Waals surface area contributed by atoms with Gasteiger partial charge in [-0.2, -0.15) is 0 Å². The maximum atomic E-state index is 12.6. The van der Waals surface area contributed by atoms with Crippen LogP contribution in [0.5, 0.6) is 0 Å². The van der Waals surface area contributed by atoms with Gasteiger partial charge in [-0.25, -0.2) is 13.2 Å². The number of ether oxygens (including phenoxy) is 1. The van der Waals surface area contributed by atoms with Crippen molar-refractivity contribution < 1.29 is 22.7 Å². The summed E-state index contributed by atoms with van der Waals surface area (Å²) in [5.74, 6) is -0.359. The van der Waals surface area contributed by atoms with Gasteiger partial charge in [-0.15, -0.1) is 11.8 Å². The molecule has 0 radical (unpaired) electrons. The highest BCUT2D eigenvalue weighted by Crippen LogP contribution is 2.33. The van der Waals surface area contributed by atoms with Crippen molar-refractivity contribution in [2.75, 3.05) is 31.2 Å². The van der Waals surface area contributed by atoms with Crippen LogP contribution in [-0.4, -0.2) is 61.6 Å². The van der Waals surface area contributed by atoms with Crippen LogP contribution in [-0.2, 0) is 19.4 Å². The van der Waals surface area contributed by atoms with Crippen LogP contribution >= 0.6 is 11.8 Å². The summed E-state index contributed by atoms with van der Waals surface area (Å²) in [4.78, 5) is 27.5. The van der Waals surface area contributed by atoms with Gasteiger partial charge in [-0.05, 0) is 31.4 Å². The number of amides is 1. The minimum Gasteiger partial charge on any atom is -0.452 e. The summed E-state index contributed by atoms with van der Waals surface area (Å²) in [6.45, 7) is 1.19. The molecular weight excluding hydrogens is 398 g/mol. The molecule has 1 aromatic rings. The largest absolute Gasteiger partial charge is 0.452 e. The van der Waals surface area contributed by atoms with E-state index in [0.29, 0.717) is 16.9 Å². The zero-order valence-electron chi connectivity index (χ0n) is 16.0. The summed E-state index contributed by atoms with van der Waals surface area (Å²) in [6.07, 6.45) is 6.04. The SMILES string of the molecule is O=C(OCC(=O)N1CCCCCCC1)c1ccccc1S[C@H]1CCS(=O)(=O)C1. The maximum Gasteiger partial charge on any atom is 0.339 e. The maximum absolute atomic E-state index is 12.6. The molecule has 2 heterocycles. The van der Waals surface area contributed by atoms with Gasteiger partial charge in [0.05, 0.1) is 17.1 Å². The Balaban J connectivity index is 1.57. The number of rotatable bonds is 5. The van der Waals surface area contributed by atoms with Crippen LogP contribution < -0.4 is 0 Å². The number of carbonyl (C=O) groups excluding carboxylic acids is 2. The zero-order chi connectivity index (χ0) is 20.0. The van der Waals surface area contributed by atoms with E-state index < -0.39 is 15.8 Å². The molecule has 1 atom stereocenters. The number of hydrogen-bond donors (Lipinski definition) is 0. The van der Waals surface area contributed by atoms with E-state index >= 15 is 0 Å². The second-order valence-corrected chi connectivity index (χ2v) is 10.9. The Hall–Kier alpha value is -1.54. The molecule has 0 aromatic heterocycles. The molecule has 0 N–H and O–H groups in total. The summed E-state index contributed by atoms with van der Waals surface area (Å²) in [6, 6.07) is 7.01. The molecule has 1 aromatic carbocycles. The first kappa shape index (κ1) is 21.2. The lowest BCUT2D eigenvalue weighted by molar-refractivity contribution is -0.134. The van der Waals surface area contributed by atoms with Crippen LogP contribution in [0.25, 0.3) is 0 Å². The minimum absolute atomic E-state index is 0.0541. The van der Waals surface area contributed by atoms with E-state index in [4.69, 9.17) is 4.74 Å². The fourth-order valence-corrected chi connectivity index (χ4v) is 7.18. The normalized spacial score (nSPS) is 22.3. The lowest BCUT2D eigenvalue weighted by atomic mass is 10.1. The molecule has 2 saturated heterocycles. The van der Waals surface area contributed by atoms with E-state index in [-0.39, 0.29) is 29.3 Å². The summed E-state index contributed by atoms with van der Waals surface area (Å²) in [5, 5.41) is -0.0541. The number of likely N-dealkylation sites (tertiary alicyclic amines) is 1. The van der Waals surface area contributed by atoms with Crippen LogP contribution in [0.3, 0.4) is 0 Å². The van der Waals surface area contributed by atoms with Crippen LogP contribution in [0.4, 0.5) is 0 Å². The molecule has 2 aliphatic heterocycles. The molecule has 28 heavy (non-hydrogen) atoms. The molecule has 1 amide bonds. The Morgan fingerprint density at radius 3 is 2.43 bits per heavy atom. The summed E-state index contributed by atoms with van der Waals surface area (Å²) < 4.78 is 28.7. The molecule has 0 saturated carbocycles. The zero-order valence-corrected chi connectivity index (χ0v) is 17.6. The van der Waals surface area contributed by atoms with Crippen LogP contribution in [0.15, 0.2) is 29.2 Å². The predicted octanol–water partition coefficient (Wildman–Crippen LogP) is 2.92. The molecule has 0 bridgehead atoms. The highest BCUT2D eigenvalue weighted by molar-refractivity contribution is 8.02. The van der Waals surface area contributed by atoms with Gasteiger partial charge in [-0.1, -0.05) is 31.4 Å². The van der Waals surface area contributed by atoms with Gasteiger partial charge in [0.15, 0.2) is 16.4 Å². The lowest BCUT2D eigenvalue weighted by Crippen LogP contribution is -2.37. The second-order valence-electron chi connectivity index (χ2n) is 7.36. The molecule has 2 fully saturated rings. The predicted molar refractivity (Wildman–Crippen MR) is 109 cm³/mol. The van der Waals surface area contributed by atoms with Crippen molar-refractivity contribution in [1.82, 2.24) is 4.90 Å². The number of benzene rings is 1. The minimum atomic E-state index is -2.98. The Bertz CT molecular complexity index is 801. The lowest BCUT2D eigenvalue weighted by Gasteiger charge is -2.24. The first-order valence-electron chi connectivity index (χ1n) is 9.86. The third kappa shape index (κ3) is 5.98. The molecule has 0 aliphatic carbocycles. The first-order valence-corrected chi connectivity index (χ1v) is 12.6. The number of thioether (sulfide) groups is 1. The topological polar surface area (TPSA) is 80.8 Å². The van der Waals surface area contributed by atoms with Crippen molar-refractivity contribution in [1.29, 1.82) is 0 Å². The molecule has 154 valence electrons. The third-order valence-corrected chi connectivity index (χ3v) is 8.45. The average molecular weight is 426 g/mol. The van der Waals surface area contributed by atoms with Crippen LogP contribution in [0.1, 0.15) is 48.9 Å². The van der Waals surface area contributed by atoms with E-state index in [0.717, 1.165) is 38.8 Å². The Labute approximate surface area is 170 Å². The summed E-state index contributed by atoms with van der Waals surface area (Å²) in [5.41, 5.74) is 0.386. The fraction of sp³-hybridized carbons (Fsp3) is 0.600. The van der Waals surface area contributed by atoms with E-state index in [1.807, 2.05) is 6.07 Å². The number of hydrogen-bond acceptors (Lipinski definition) is 6. The van der Waals surface area contributed by atoms with Crippen LogP contribution in [0, 0.1) is 0 Å². The van der Waals surface area contributed by atoms with Gasteiger partial charge < -0.3 is 9.64 Å². The van der Waals surface area contributed by atoms with E-state index in [9.17, 15) is 18.0 Å². The van der Waals surface area contributed by atoms with Crippen molar-refractivity contribution in [2.24, 2.45) is 0 Å². The van der Waals surface area contributed by atoms with Crippen molar-refractivity contribution in [3.63, 3.8) is 0 Å². The monoisotopic (exact) mass is 425 g/mol. The second kappa shape index (κ2) is 9.78. The van der Waals surface area contributed by atoms with Gasteiger partial charge >= 0.3 is 5.97 Å². The smallest absolute Gasteiger partial charge is 0.339 e. The summed E-state index contributed by atoms with van der Waals surface area (Å²) in [7, 11) is -2.98. The number of carbonyl (C=O) groups is 2. The van der Waals surface area contributed by atoms with Gasteiger partial charge in [0.1, 0.15) is 0 Å². The van der Waals surface area contributed by atoms with E-state index in [1.165, 1.54) is 18.2 Å². The van der Waals surface area contributed by atoms with Crippen molar-refractivity contribution >= 4 is 33.5 Å². The fourth-order valence-electron chi connectivity index (χ4n) is 3.56. The van der Waals surface area contributed by atoms with E-state index in [2.05, 4.69) is 0 Å².